The zero-order chi connectivity index (χ0) is 19.3. The second-order valence-corrected chi connectivity index (χ2v) is 6.91. The van der Waals surface area contributed by atoms with E-state index < -0.39 is 0 Å². The minimum atomic E-state index is -0.381. The second kappa shape index (κ2) is 8.26. The molecule has 142 valence electrons. The lowest BCUT2D eigenvalue weighted by atomic mass is 10.2. The lowest BCUT2D eigenvalue weighted by molar-refractivity contribution is 0.386. The Morgan fingerprint density at radius 3 is 2.82 bits per heavy atom. The Balaban J connectivity index is 1.61. The molecule has 6 nitrogen and oxygen atoms in total. The molecular formula is C20H17FN4O2S. The summed E-state index contributed by atoms with van der Waals surface area (Å²) in [5, 5.41) is 9.39. The highest BCUT2D eigenvalue weighted by molar-refractivity contribution is 7.98. The number of pyridine rings is 1. The van der Waals surface area contributed by atoms with Crippen LogP contribution in [0.5, 0.6) is 5.75 Å². The first-order valence-corrected chi connectivity index (χ1v) is 9.54. The highest BCUT2D eigenvalue weighted by Crippen LogP contribution is 2.28. The van der Waals surface area contributed by atoms with E-state index in [1.54, 1.807) is 24.7 Å². The number of rotatable bonds is 7. The molecule has 0 aliphatic heterocycles. The van der Waals surface area contributed by atoms with Crippen LogP contribution in [0.2, 0.25) is 0 Å². The van der Waals surface area contributed by atoms with Gasteiger partial charge in [-0.1, -0.05) is 17.8 Å². The van der Waals surface area contributed by atoms with Crippen molar-refractivity contribution in [2.75, 3.05) is 7.11 Å². The van der Waals surface area contributed by atoms with Gasteiger partial charge in [-0.15, -0.1) is 10.2 Å². The zero-order valence-electron chi connectivity index (χ0n) is 15.1. The molecule has 4 rings (SSSR count). The van der Waals surface area contributed by atoms with Crippen molar-refractivity contribution >= 4 is 11.8 Å². The van der Waals surface area contributed by atoms with Crippen LogP contribution in [0.15, 0.2) is 70.7 Å². The number of hydrogen-bond donors (Lipinski definition) is 0. The van der Waals surface area contributed by atoms with Crippen LogP contribution in [0.3, 0.4) is 0 Å². The van der Waals surface area contributed by atoms with Gasteiger partial charge in [-0.2, -0.15) is 0 Å². The largest absolute Gasteiger partial charge is 0.494 e. The SMILES string of the molecule is COc1ccc(CSc2nnc(-c3cccnc3)n2Cc2ccco2)cc1F. The molecule has 0 fully saturated rings. The Morgan fingerprint density at radius 2 is 2.11 bits per heavy atom. The van der Waals surface area contributed by atoms with Crippen LogP contribution in [-0.4, -0.2) is 26.9 Å². The van der Waals surface area contributed by atoms with Crippen LogP contribution in [0.25, 0.3) is 11.4 Å². The molecule has 0 N–H and O–H groups in total. The topological polar surface area (TPSA) is 66.0 Å². The molecule has 0 spiro atoms. The van der Waals surface area contributed by atoms with E-state index in [1.165, 1.54) is 24.9 Å². The Labute approximate surface area is 165 Å². The summed E-state index contributed by atoms with van der Waals surface area (Å²) in [6.07, 6.45) is 5.09. The Kier molecular flexibility index (Phi) is 5.38. The van der Waals surface area contributed by atoms with E-state index in [-0.39, 0.29) is 11.6 Å². The van der Waals surface area contributed by atoms with Crippen molar-refractivity contribution in [3.05, 3.63) is 78.3 Å². The van der Waals surface area contributed by atoms with Crippen LogP contribution in [0.4, 0.5) is 4.39 Å². The molecule has 3 aromatic heterocycles. The Bertz CT molecular complexity index is 1050. The van der Waals surface area contributed by atoms with E-state index in [4.69, 9.17) is 9.15 Å². The van der Waals surface area contributed by atoms with E-state index in [0.29, 0.717) is 23.3 Å². The molecule has 0 saturated heterocycles. The van der Waals surface area contributed by atoms with Gasteiger partial charge >= 0.3 is 0 Å². The molecule has 3 heterocycles. The molecule has 0 atom stereocenters. The molecule has 0 amide bonds. The standard InChI is InChI=1S/C20H17FN4O2S/c1-26-18-7-6-14(10-17(18)21)13-28-20-24-23-19(15-4-2-8-22-11-15)25(20)12-16-5-3-9-27-16/h2-11H,12-13H2,1H3. The van der Waals surface area contributed by atoms with Crippen LogP contribution in [0.1, 0.15) is 11.3 Å². The molecule has 28 heavy (non-hydrogen) atoms. The summed E-state index contributed by atoms with van der Waals surface area (Å²) in [4.78, 5) is 4.16. The van der Waals surface area contributed by atoms with Crippen LogP contribution in [0, 0.1) is 5.82 Å². The number of thioether (sulfide) groups is 1. The summed E-state index contributed by atoms with van der Waals surface area (Å²) in [5.74, 6) is 1.89. The van der Waals surface area contributed by atoms with Gasteiger partial charge in [-0.25, -0.2) is 4.39 Å². The van der Waals surface area contributed by atoms with Crippen molar-refractivity contribution in [1.82, 2.24) is 19.7 Å². The van der Waals surface area contributed by atoms with E-state index in [0.717, 1.165) is 16.9 Å². The molecule has 0 unspecified atom stereocenters. The average Bonchev–Trinajstić information content (AvgIpc) is 3.38. The van der Waals surface area contributed by atoms with Gasteiger partial charge in [0.1, 0.15) is 5.76 Å². The minimum absolute atomic E-state index is 0.230. The zero-order valence-corrected chi connectivity index (χ0v) is 15.9. The summed E-state index contributed by atoms with van der Waals surface area (Å²) < 4.78 is 26.4. The van der Waals surface area contributed by atoms with Gasteiger partial charge < -0.3 is 9.15 Å². The molecule has 0 radical (unpaired) electrons. The summed E-state index contributed by atoms with van der Waals surface area (Å²) in [6, 6.07) is 12.5. The third kappa shape index (κ3) is 3.91. The van der Waals surface area contributed by atoms with E-state index in [2.05, 4.69) is 15.2 Å². The van der Waals surface area contributed by atoms with Crippen molar-refractivity contribution in [3.8, 4) is 17.1 Å². The van der Waals surface area contributed by atoms with Crippen molar-refractivity contribution in [1.29, 1.82) is 0 Å². The number of ether oxygens (including phenoxy) is 1. The number of methoxy groups -OCH3 is 1. The highest BCUT2D eigenvalue weighted by Gasteiger charge is 2.16. The number of benzene rings is 1. The van der Waals surface area contributed by atoms with E-state index >= 15 is 0 Å². The maximum Gasteiger partial charge on any atom is 0.192 e. The van der Waals surface area contributed by atoms with Gasteiger partial charge in [0.25, 0.3) is 0 Å². The van der Waals surface area contributed by atoms with Crippen LogP contribution < -0.4 is 4.74 Å². The van der Waals surface area contributed by atoms with E-state index in [1.807, 2.05) is 34.9 Å². The normalized spacial score (nSPS) is 10.9. The van der Waals surface area contributed by atoms with E-state index in [9.17, 15) is 4.39 Å². The molecule has 0 saturated carbocycles. The molecule has 1 aromatic carbocycles. The van der Waals surface area contributed by atoms with Crippen LogP contribution >= 0.6 is 11.8 Å². The number of furan rings is 1. The van der Waals surface area contributed by atoms with Gasteiger partial charge in [0.05, 0.1) is 19.9 Å². The van der Waals surface area contributed by atoms with Crippen molar-refractivity contribution in [2.24, 2.45) is 0 Å². The molecule has 8 heteroatoms. The summed E-state index contributed by atoms with van der Waals surface area (Å²) in [6.45, 7) is 0.490. The number of aromatic nitrogens is 4. The lowest BCUT2D eigenvalue weighted by Gasteiger charge is -2.09. The first-order chi connectivity index (χ1) is 13.7. The van der Waals surface area contributed by atoms with Gasteiger partial charge in [0, 0.05) is 23.7 Å². The molecule has 0 aliphatic rings. The third-order valence-electron chi connectivity index (χ3n) is 4.11. The number of nitrogens with zero attached hydrogens (tertiary/aromatic N) is 4. The molecule has 0 bridgehead atoms. The molecule has 0 aliphatic carbocycles. The Morgan fingerprint density at radius 1 is 1.18 bits per heavy atom. The highest BCUT2D eigenvalue weighted by atomic mass is 32.2. The summed E-state index contributed by atoms with van der Waals surface area (Å²) in [5.41, 5.74) is 1.70. The van der Waals surface area contributed by atoms with Crippen molar-refractivity contribution in [2.45, 2.75) is 17.5 Å². The fraction of sp³-hybridized carbons (Fsp3) is 0.150. The summed E-state index contributed by atoms with van der Waals surface area (Å²) >= 11 is 1.48. The predicted molar refractivity (Wildman–Crippen MR) is 104 cm³/mol. The van der Waals surface area contributed by atoms with Gasteiger partial charge in [0.15, 0.2) is 22.5 Å². The maximum atomic E-state index is 13.9. The second-order valence-electron chi connectivity index (χ2n) is 5.97. The first kappa shape index (κ1) is 18.2. The first-order valence-electron chi connectivity index (χ1n) is 8.56. The smallest absolute Gasteiger partial charge is 0.192 e. The lowest BCUT2D eigenvalue weighted by Crippen LogP contribution is -2.03. The molecular weight excluding hydrogens is 379 g/mol. The van der Waals surface area contributed by atoms with Gasteiger partial charge in [-0.3, -0.25) is 9.55 Å². The fourth-order valence-corrected chi connectivity index (χ4v) is 3.63. The predicted octanol–water partition coefficient (Wildman–Crippen LogP) is 4.42. The number of halogens is 1. The third-order valence-corrected chi connectivity index (χ3v) is 5.15. The quantitative estimate of drug-likeness (QED) is 0.431. The Hall–Kier alpha value is -3.13. The summed E-state index contributed by atoms with van der Waals surface area (Å²) in [7, 11) is 1.45. The van der Waals surface area contributed by atoms with Crippen molar-refractivity contribution < 1.29 is 13.5 Å². The van der Waals surface area contributed by atoms with Gasteiger partial charge in [0.2, 0.25) is 0 Å². The minimum Gasteiger partial charge on any atom is -0.494 e. The fourth-order valence-electron chi connectivity index (χ4n) is 2.75. The molecule has 4 aromatic rings. The van der Waals surface area contributed by atoms with Crippen LogP contribution in [-0.2, 0) is 12.3 Å². The average molecular weight is 396 g/mol. The van der Waals surface area contributed by atoms with Crippen molar-refractivity contribution in [3.63, 3.8) is 0 Å². The van der Waals surface area contributed by atoms with Gasteiger partial charge in [-0.05, 0) is 42.0 Å². The number of hydrogen-bond acceptors (Lipinski definition) is 6. The monoisotopic (exact) mass is 396 g/mol. The maximum absolute atomic E-state index is 13.9.